The van der Waals surface area contributed by atoms with Gasteiger partial charge in [-0.2, -0.15) is 4.31 Å². The molecule has 13 heteroatoms. The molecule has 4 amide bonds. The second-order valence-corrected chi connectivity index (χ2v) is 15.0. The van der Waals surface area contributed by atoms with Crippen LogP contribution < -0.4 is 16.0 Å². The van der Waals surface area contributed by atoms with E-state index >= 15 is 0 Å². The minimum Gasteiger partial charge on any atom is -0.479 e. The van der Waals surface area contributed by atoms with E-state index in [1.54, 1.807) is 0 Å². The monoisotopic (exact) mass is 611 g/mol. The van der Waals surface area contributed by atoms with Gasteiger partial charge in [-0.05, 0) is 50.4 Å². The number of rotatable bonds is 13. The number of carboxylic acid groups (broad SMARTS) is 1. The van der Waals surface area contributed by atoms with E-state index in [4.69, 9.17) is 0 Å². The molecule has 3 fully saturated rings. The molecule has 0 radical (unpaired) electrons. The van der Waals surface area contributed by atoms with Crippen molar-refractivity contribution in [1.29, 1.82) is 0 Å². The summed E-state index contributed by atoms with van der Waals surface area (Å²) in [6.45, 7) is 8.38. The number of carbonyl (C=O) groups is 4. The minimum atomic E-state index is -3.37. The van der Waals surface area contributed by atoms with Crippen LogP contribution in [0.25, 0.3) is 0 Å². The molecule has 0 spiro atoms. The van der Waals surface area contributed by atoms with Crippen molar-refractivity contribution in [2.24, 2.45) is 11.3 Å². The number of carboxylic acids is 1. The lowest BCUT2D eigenvalue weighted by Crippen LogP contribution is -2.57. The molecule has 12 nitrogen and oxygen atoms in total. The molecule has 2 heterocycles. The Kier molecular flexibility index (Phi) is 11.4. The Bertz CT molecular complexity index is 1140. The standard InChI is InChI=1S/C29H49N5O7S/c1-5-6-7-8-9-13-21-18-29(21,26(37)38)32-25(36)22-14-12-16-34(22)24(35)19-30-27(39)31-23(28(2,3)4)20-33-15-10-11-17-42(33,40)41/h9,13,21-23H,5-8,10-12,14-20H2,1-4H3,(H,32,36)(H,37,38)(H2,30,31,39)/b13-9-/t21?,22-,23?,29+/m0/s1. The molecule has 42 heavy (non-hydrogen) atoms. The number of likely N-dealkylation sites (tertiary alicyclic amines) is 1. The Balaban J connectivity index is 1.53. The van der Waals surface area contributed by atoms with Gasteiger partial charge in [-0.15, -0.1) is 0 Å². The second-order valence-electron chi connectivity index (χ2n) is 12.9. The fourth-order valence-electron chi connectivity index (χ4n) is 5.63. The SMILES string of the molecule is CCCCC/C=C\C1C[C@]1(NC(=O)[C@@H]1CCCN1C(=O)CNC(=O)NC(CN1CCCCS1(=O)=O)C(C)(C)C)C(=O)O. The zero-order valence-corrected chi connectivity index (χ0v) is 26.3. The number of hydrogen-bond donors (Lipinski definition) is 4. The van der Waals surface area contributed by atoms with Crippen LogP contribution in [0.1, 0.15) is 85.5 Å². The summed E-state index contributed by atoms with van der Waals surface area (Å²) in [6.07, 6.45) is 10.7. The van der Waals surface area contributed by atoms with Crippen LogP contribution in [-0.4, -0.2) is 96.1 Å². The largest absolute Gasteiger partial charge is 0.479 e. The quantitative estimate of drug-likeness (QED) is 0.183. The topological polar surface area (TPSA) is 165 Å². The summed E-state index contributed by atoms with van der Waals surface area (Å²) in [4.78, 5) is 52.5. The lowest BCUT2D eigenvalue weighted by atomic mass is 9.86. The van der Waals surface area contributed by atoms with Crippen LogP contribution in [0.4, 0.5) is 4.79 Å². The summed E-state index contributed by atoms with van der Waals surface area (Å²) in [5.41, 5.74) is -1.80. The molecule has 0 aromatic carbocycles. The molecule has 2 saturated heterocycles. The zero-order valence-electron chi connectivity index (χ0n) is 25.5. The molecule has 3 aliphatic rings. The summed E-state index contributed by atoms with van der Waals surface area (Å²) in [5, 5.41) is 18.0. The molecule has 2 aliphatic heterocycles. The summed E-state index contributed by atoms with van der Waals surface area (Å²) in [7, 11) is -3.37. The van der Waals surface area contributed by atoms with Gasteiger partial charge in [0.1, 0.15) is 11.6 Å². The van der Waals surface area contributed by atoms with Crippen molar-refractivity contribution < 1.29 is 32.7 Å². The van der Waals surface area contributed by atoms with E-state index in [0.717, 1.165) is 32.1 Å². The van der Waals surface area contributed by atoms with Crippen molar-refractivity contribution in [3.05, 3.63) is 12.2 Å². The van der Waals surface area contributed by atoms with Gasteiger partial charge in [0, 0.05) is 31.6 Å². The normalized spacial score (nSPS) is 26.5. The van der Waals surface area contributed by atoms with Crippen molar-refractivity contribution in [2.45, 2.75) is 103 Å². The number of aliphatic carboxylic acids is 1. The van der Waals surface area contributed by atoms with Gasteiger partial charge in [-0.3, -0.25) is 9.59 Å². The number of sulfonamides is 1. The molecule has 0 bridgehead atoms. The van der Waals surface area contributed by atoms with E-state index in [0.29, 0.717) is 38.8 Å². The maximum atomic E-state index is 13.2. The van der Waals surface area contributed by atoms with Crippen LogP contribution in [0.5, 0.6) is 0 Å². The maximum absolute atomic E-state index is 13.2. The first-order valence-electron chi connectivity index (χ1n) is 15.2. The molecule has 4 N–H and O–H groups in total. The molecule has 3 rings (SSSR count). The van der Waals surface area contributed by atoms with Gasteiger partial charge < -0.3 is 26.0 Å². The average molecular weight is 612 g/mol. The third-order valence-electron chi connectivity index (χ3n) is 8.55. The second kappa shape index (κ2) is 14.2. The van der Waals surface area contributed by atoms with Crippen molar-refractivity contribution in [3.63, 3.8) is 0 Å². The van der Waals surface area contributed by atoms with Crippen LogP contribution >= 0.6 is 0 Å². The first kappa shape index (κ1) is 33.8. The number of nitrogens with one attached hydrogen (secondary N) is 3. The number of unbranched alkanes of at least 4 members (excludes halogenated alkanes) is 3. The Morgan fingerprint density at radius 3 is 2.48 bits per heavy atom. The Morgan fingerprint density at radius 2 is 1.83 bits per heavy atom. The molecular weight excluding hydrogens is 562 g/mol. The predicted molar refractivity (Wildman–Crippen MR) is 159 cm³/mol. The fourth-order valence-corrected chi connectivity index (χ4v) is 7.24. The van der Waals surface area contributed by atoms with Gasteiger partial charge >= 0.3 is 12.0 Å². The third-order valence-corrected chi connectivity index (χ3v) is 10.5. The highest BCUT2D eigenvalue weighted by atomic mass is 32.2. The highest BCUT2D eigenvalue weighted by molar-refractivity contribution is 7.89. The van der Waals surface area contributed by atoms with E-state index in [-0.39, 0.29) is 24.8 Å². The van der Waals surface area contributed by atoms with E-state index in [9.17, 15) is 32.7 Å². The Morgan fingerprint density at radius 1 is 1.10 bits per heavy atom. The molecule has 1 saturated carbocycles. The van der Waals surface area contributed by atoms with Gasteiger partial charge in [0.2, 0.25) is 21.8 Å². The number of allylic oxidation sites excluding steroid dienone is 1. The molecule has 4 atom stereocenters. The van der Waals surface area contributed by atoms with Crippen molar-refractivity contribution in [2.75, 3.05) is 31.9 Å². The van der Waals surface area contributed by atoms with E-state index in [1.165, 1.54) is 9.21 Å². The van der Waals surface area contributed by atoms with Crippen LogP contribution in [-0.2, 0) is 24.4 Å². The first-order valence-corrected chi connectivity index (χ1v) is 16.9. The van der Waals surface area contributed by atoms with Crippen molar-refractivity contribution in [3.8, 4) is 0 Å². The van der Waals surface area contributed by atoms with Gasteiger partial charge in [-0.25, -0.2) is 18.0 Å². The van der Waals surface area contributed by atoms with Gasteiger partial charge in [-0.1, -0.05) is 52.7 Å². The summed E-state index contributed by atoms with van der Waals surface area (Å²) in [6, 6.07) is -1.90. The first-order chi connectivity index (χ1) is 19.7. The molecular formula is C29H49N5O7S. The van der Waals surface area contributed by atoms with Crippen LogP contribution in [0.3, 0.4) is 0 Å². The highest BCUT2D eigenvalue weighted by Gasteiger charge is 2.61. The molecule has 0 aromatic heterocycles. The van der Waals surface area contributed by atoms with Crippen molar-refractivity contribution >= 4 is 33.8 Å². The Hall–Kier alpha value is -2.67. The third kappa shape index (κ3) is 8.68. The van der Waals surface area contributed by atoms with E-state index < -0.39 is 56.9 Å². The van der Waals surface area contributed by atoms with E-state index in [2.05, 4.69) is 22.9 Å². The molecule has 238 valence electrons. The van der Waals surface area contributed by atoms with Crippen LogP contribution in [0, 0.1) is 11.3 Å². The summed E-state index contributed by atoms with van der Waals surface area (Å²) >= 11 is 0. The lowest BCUT2D eigenvalue weighted by molar-refractivity contribution is -0.145. The molecule has 0 aromatic rings. The predicted octanol–water partition coefficient (Wildman–Crippen LogP) is 2.21. The van der Waals surface area contributed by atoms with Crippen molar-refractivity contribution in [1.82, 2.24) is 25.2 Å². The van der Waals surface area contributed by atoms with E-state index in [1.807, 2.05) is 32.9 Å². The maximum Gasteiger partial charge on any atom is 0.330 e. The number of hydrogen-bond acceptors (Lipinski definition) is 6. The summed E-state index contributed by atoms with van der Waals surface area (Å²) in [5.74, 6) is -2.21. The number of nitrogens with zero attached hydrogens (tertiary/aromatic N) is 2. The lowest BCUT2D eigenvalue weighted by Gasteiger charge is -2.36. The molecule has 2 unspecified atom stereocenters. The van der Waals surface area contributed by atoms with Crippen LogP contribution in [0.2, 0.25) is 0 Å². The number of urea groups is 1. The number of carbonyl (C=O) groups excluding carboxylic acids is 3. The fraction of sp³-hybridized carbons (Fsp3) is 0.793. The van der Waals surface area contributed by atoms with Gasteiger partial charge in [0.05, 0.1) is 12.3 Å². The minimum absolute atomic E-state index is 0.0964. The zero-order chi connectivity index (χ0) is 31.1. The van der Waals surface area contributed by atoms with Crippen LogP contribution in [0.15, 0.2) is 12.2 Å². The van der Waals surface area contributed by atoms with Gasteiger partial charge in [0.25, 0.3) is 0 Å². The smallest absolute Gasteiger partial charge is 0.330 e. The molecule has 1 aliphatic carbocycles. The van der Waals surface area contributed by atoms with Gasteiger partial charge in [0.15, 0.2) is 0 Å². The number of amides is 4. The Labute approximate surface area is 250 Å². The average Bonchev–Trinajstić information content (AvgIpc) is 3.37. The highest BCUT2D eigenvalue weighted by Crippen LogP contribution is 2.45. The summed E-state index contributed by atoms with van der Waals surface area (Å²) < 4.78 is 26.4.